The van der Waals surface area contributed by atoms with E-state index in [-0.39, 0.29) is 16.3 Å². The van der Waals surface area contributed by atoms with Gasteiger partial charge in [0.1, 0.15) is 11.4 Å². The molecule has 0 radical (unpaired) electrons. The first-order valence-electron chi connectivity index (χ1n) is 17.2. The van der Waals surface area contributed by atoms with Crippen molar-refractivity contribution in [2.75, 3.05) is 29.9 Å². The van der Waals surface area contributed by atoms with Gasteiger partial charge >= 0.3 is 0 Å². The van der Waals surface area contributed by atoms with E-state index in [0.29, 0.717) is 4.90 Å². The number of hydrogen-bond donors (Lipinski definition) is 1. The first kappa shape index (κ1) is 10.4. The van der Waals surface area contributed by atoms with Gasteiger partial charge in [0.25, 0.3) is 11.8 Å². The summed E-state index contributed by atoms with van der Waals surface area (Å²) < 4.78 is 128. The summed E-state index contributed by atoms with van der Waals surface area (Å²) in [6, 6.07) is 0.474. The third-order valence-corrected chi connectivity index (χ3v) is 5.02. The number of carbonyl (C=O) groups excluding carboxylic acids is 3. The number of anilines is 2. The van der Waals surface area contributed by atoms with Gasteiger partial charge in [-0.2, -0.15) is 5.10 Å². The lowest BCUT2D eigenvalue weighted by Gasteiger charge is -2.29. The number of ether oxygens (including phenoxy) is 1. The van der Waals surface area contributed by atoms with E-state index in [1.807, 2.05) is 0 Å². The van der Waals surface area contributed by atoms with Gasteiger partial charge in [0.05, 0.1) is 22.3 Å². The number of benzene rings is 2. The monoisotopic (exact) mass is 474 g/mol. The summed E-state index contributed by atoms with van der Waals surface area (Å²) >= 11 is 0. The van der Waals surface area contributed by atoms with E-state index in [1.54, 1.807) is 0 Å². The third kappa shape index (κ3) is 3.68. The van der Waals surface area contributed by atoms with Crippen molar-refractivity contribution in [3.63, 3.8) is 0 Å². The highest BCUT2D eigenvalue weighted by atomic mass is 16.5. The molecule has 1 fully saturated rings. The van der Waals surface area contributed by atoms with Crippen LogP contribution in [0.15, 0.2) is 48.4 Å². The number of nitrogens with zero attached hydrogens (tertiary/aromatic N) is 4. The molecule has 2 aliphatic rings. The van der Waals surface area contributed by atoms with Crippen molar-refractivity contribution in [1.29, 1.82) is 0 Å². The minimum Gasteiger partial charge on any atom is -0.497 e. The highest BCUT2D eigenvalue weighted by Crippen LogP contribution is 2.31. The molecule has 0 atom stereocenters. The van der Waals surface area contributed by atoms with Crippen molar-refractivity contribution in [2.45, 2.75) is 25.5 Å². The zero-order valence-corrected chi connectivity index (χ0v) is 17.2. The Morgan fingerprint density at radius 1 is 1.09 bits per heavy atom. The van der Waals surface area contributed by atoms with Gasteiger partial charge in [-0.3, -0.25) is 14.4 Å². The van der Waals surface area contributed by atoms with Crippen LogP contribution < -0.4 is 20.3 Å². The molecular formula is C25H25N5O4. The SMILES string of the molecule is [2H]c1c([2H])c(N2C(=O)CC([2H])([2H])C([2H])([2H])C2([2H])[2H])c([2H])c([2H])c1N1CC([2H])([2H])c2c(C(N)=O)nn(-c3ccc(OC([2H])([2H])[2H])cc3)c2C1=O. The van der Waals surface area contributed by atoms with E-state index in [0.717, 1.165) is 4.68 Å². The largest absolute Gasteiger partial charge is 0.497 e. The van der Waals surface area contributed by atoms with Gasteiger partial charge in [0.2, 0.25) is 5.91 Å². The molecule has 1 saturated heterocycles. The van der Waals surface area contributed by atoms with Crippen LogP contribution >= 0.6 is 0 Å². The summed E-state index contributed by atoms with van der Waals surface area (Å²) in [5.74, 6) is -3.91. The van der Waals surface area contributed by atoms with E-state index in [1.165, 1.54) is 24.3 Å². The molecule has 3 aromatic rings. The maximum atomic E-state index is 14.2. The quantitative estimate of drug-likeness (QED) is 0.611. The summed E-state index contributed by atoms with van der Waals surface area (Å²) in [6.45, 7) is -4.52. The highest BCUT2D eigenvalue weighted by molar-refractivity contribution is 6.09. The predicted octanol–water partition coefficient (Wildman–Crippen LogP) is 2.70. The second-order valence-electron chi connectivity index (χ2n) is 7.03. The summed E-state index contributed by atoms with van der Waals surface area (Å²) in [7, 11) is -2.80. The standard InChI is InChI=1S/C25H25N5O4/c1-34-19-11-9-18(10-12-19)30-23-20(22(27-30)24(26)32)13-15-29(25(23)33)17-7-5-16(6-8-17)28-14-3-2-4-21(28)31/h5-12H,2-4,13-15H2,1H3,(H2,26,32)/i1D3,2D2,3D2,5D,6D,7D,8D,13D2,14D2. The van der Waals surface area contributed by atoms with Crippen molar-refractivity contribution >= 4 is 29.1 Å². The maximum Gasteiger partial charge on any atom is 0.277 e. The van der Waals surface area contributed by atoms with Crippen LogP contribution in [0.4, 0.5) is 11.4 Å². The molecule has 1 aromatic heterocycles. The van der Waals surface area contributed by atoms with Gasteiger partial charge < -0.3 is 20.3 Å². The minimum atomic E-state index is -3.52. The molecule has 0 unspecified atom stereocenters. The first-order valence-corrected chi connectivity index (χ1v) is 9.75. The average molecular weight is 475 g/mol. The van der Waals surface area contributed by atoms with Gasteiger partial charge in [-0.05, 0) is 67.6 Å². The molecule has 0 bridgehead atoms. The van der Waals surface area contributed by atoms with Crippen LogP contribution in [-0.2, 0) is 11.2 Å². The summed E-state index contributed by atoms with van der Waals surface area (Å²) in [5, 5.41) is 4.03. The third-order valence-electron chi connectivity index (χ3n) is 5.02. The lowest BCUT2D eigenvalue weighted by atomic mass is 10.0. The van der Waals surface area contributed by atoms with Crippen molar-refractivity contribution in [2.24, 2.45) is 5.73 Å². The molecule has 0 spiro atoms. The molecule has 5 rings (SSSR count). The Kier molecular flexibility index (Phi) is 2.65. The summed E-state index contributed by atoms with van der Waals surface area (Å²) in [4.78, 5) is 40.1. The lowest BCUT2D eigenvalue weighted by molar-refractivity contribution is -0.119. The highest BCUT2D eigenvalue weighted by Gasteiger charge is 2.34. The molecule has 2 N–H and O–H groups in total. The van der Waals surface area contributed by atoms with Gasteiger partial charge in [-0.15, -0.1) is 0 Å². The Balaban J connectivity index is 1.69. The number of piperidine rings is 1. The fourth-order valence-corrected chi connectivity index (χ4v) is 3.42. The van der Waals surface area contributed by atoms with Crippen LogP contribution in [-0.4, -0.2) is 47.6 Å². The zero-order chi connectivity index (χ0) is 37.0. The number of hydrogen-bond acceptors (Lipinski definition) is 5. The topological polar surface area (TPSA) is 111 Å². The Morgan fingerprint density at radius 3 is 2.47 bits per heavy atom. The number of aromatic nitrogens is 2. The molecule has 174 valence electrons. The Bertz CT molecular complexity index is 1900. The molecule has 0 saturated carbocycles. The van der Waals surface area contributed by atoms with Crippen molar-refractivity contribution in [3.8, 4) is 11.4 Å². The van der Waals surface area contributed by atoms with Crippen LogP contribution in [0.3, 0.4) is 0 Å². The molecule has 3 amide bonds. The number of methoxy groups -OCH3 is 1. The van der Waals surface area contributed by atoms with E-state index in [4.69, 9.17) is 31.0 Å². The van der Waals surface area contributed by atoms with E-state index >= 15 is 0 Å². The molecule has 34 heavy (non-hydrogen) atoms. The van der Waals surface area contributed by atoms with Gasteiger partial charge in [0.15, 0.2) is 5.69 Å². The fourth-order valence-electron chi connectivity index (χ4n) is 3.42. The van der Waals surface area contributed by atoms with Crippen LogP contribution in [0.25, 0.3) is 5.69 Å². The normalized spacial score (nSPS) is 28.6. The number of rotatable bonds is 5. The average Bonchev–Trinajstić information content (AvgIpc) is 3.38. The fraction of sp³-hybridized carbons (Fsp3) is 0.280. The molecule has 3 heterocycles. The molecule has 2 aliphatic heterocycles. The maximum absolute atomic E-state index is 14.2. The van der Waals surface area contributed by atoms with Gasteiger partial charge in [0, 0.05) is 47.4 Å². The number of primary amides is 1. The second-order valence-corrected chi connectivity index (χ2v) is 7.03. The predicted molar refractivity (Wildman–Crippen MR) is 127 cm³/mol. The molecule has 2 aromatic carbocycles. The first-order chi connectivity index (χ1) is 22.3. The van der Waals surface area contributed by atoms with Crippen LogP contribution in [0.5, 0.6) is 5.75 Å². The molecule has 0 aliphatic carbocycles. The van der Waals surface area contributed by atoms with Crippen molar-refractivity contribution < 1.29 is 39.7 Å². The summed E-state index contributed by atoms with van der Waals surface area (Å²) in [6.07, 6.45) is -10.3. The number of fused-ring (bicyclic) bond motifs is 1. The van der Waals surface area contributed by atoms with E-state index < -0.39 is 116 Å². The molecule has 9 nitrogen and oxygen atoms in total. The summed E-state index contributed by atoms with van der Waals surface area (Å²) in [5.41, 5.74) is 1.77. The van der Waals surface area contributed by atoms with Gasteiger partial charge in [-0.1, -0.05) is 0 Å². The number of nitrogens with two attached hydrogens (primary N) is 1. The van der Waals surface area contributed by atoms with Crippen molar-refractivity contribution in [3.05, 3.63) is 65.4 Å². The van der Waals surface area contributed by atoms with Crippen LogP contribution in [0.1, 0.15) is 66.3 Å². The van der Waals surface area contributed by atoms with Gasteiger partial charge in [-0.25, -0.2) is 4.68 Å². The zero-order valence-electron chi connectivity index (χ0n) is 32.2. The Labute approximate surface area is 217 Å². The molecule has 9 heteroatoms. The van der Waals surface area contributed by atoms with Crippen LogP contribution in [0.2, 0.25) is 0 Å². The number of carbonyl (C=O) groups is 3. The smallest absolute Gasteiger partial charge is 0.277 e. The minimum absolute atomic E-state index is 0.0116. The Hall–Kier alpha value is -4.14. The van der Waals surface area contributed by atoms with E-state index in [9.17, 15) is 14.4 Å². The number of amides is 3. The Morgan fingerprint density at radius 2 is 1.79 bits per heavy atom. The van der Waals surface area contributed by atoms with Crippen molar-refractivity contribution in [1.82, 2.24) is 9.78 Å². The van der Waals surface area contributed by atoms with E-state index in [2.05, 4.69) is 5.10 Å². The lowest BCUT2D eigenvalue weighted by Crippen LogP contribution is -2.39. The van der Waals surface area contributed by atoms with Crippen LogP contribution in [0, 0.1) is 0 Å². The molecular weight excluding hydrogens is 434 g/mol. The second kappa shape index (κ2) is 8.66.